The van der Waals surface area contributed by atoms with Crippen LogP contribution in [-0.2, 0) is 6.54 Å². The summed E-state index contributed by atoms with van der Waals surface area (Å²) in [4.78, 5) is 14.7. The van der Waals surface area contributed by atoms with E-state index in [1.165, 1.54) is 5.69 Å². The summed E-state index contributed by atoms with van der Waals surface area (Å²) in [5.74, 6) is 0.780. The first-order valence-corrected chi connectivity index (χ1v) is 9.50. The standard InChI is InChI=1S/C20H26ClN3O/c1-3-24-19(14-15(2)22-24)16-8-11-23(12-9-16)13-10-20(25)17-4-6-18(21)7-5-17/h4-7,14,16H,3,8-13H2,1-2H3. The maximum atomic E-state index is 12.3. The molecule has 0 bridgehead atoms. The molecule has 0 N–H and O–H groups in total. The average Bonchev–Trinajstić information content (AvgIpc) is 3.01. The van der Waals surface area contributed by atoms with Crippen molar-refractivity contribution in [2.75, 3.05) is 19.6 Å². The van der Waals surface area contributed by atoms with Gasteiger partial charge in [-0.3, -0.25) is 9.48 Å². The summed E-state index contributed by atoms with van der Waals surface area (Å²) >= 11 is 5.88. The van der Waals surface area contributed by atoms with Gasteiger partial charge in [0.1, 0.15) is 0 Å². The van der Waals surface area contributed by atoms with E-state index in [1.54, 1.807) is 12.1 Å². The minimum atomic E-state index is 0.193. The van der Waals surface area contributed by atoms with Crippen molar-refractivity contribution in [1.82, 2.24) is 14.7 Å². The number of aromatic nitrogens is 2. The van der Waals surface area contributed by atoms with Crippen molar-refractivity contribution < 1.29 is 4.79 Å². The number of aryl methyl sites for hydroxylation is 2. The largest absolute Gasteiger partial charge is 0.303 e. The molecule has 4 nitrogen and oxygen atoms in total. The monoisotopic (exact) mass is 359 g/mol. The maximum Gasteiger partial charge on any atom is 0.164 e. The number of benzene rings is 1. The molecule has 1 aromatic heterocycles. The maximum absolute atomic E-state index is 12.3. The first-order valence-electron chi connectivity index (χ1n) is 9.12. The fourth-order valence-corrected chi connectivity index (χ4v) is 3.77. The van der Waals surface area contributed by atoms with Crippen LogP contribution in [0.25, 0.3) is 0 Å². The Labute approximate surface area is 154 Å². The van der Waals surface area contributed by atoms with E-state index in [1.807, 2.05) is 12.1 Å². The van der Waals surface area contributed by atoms with E-state index >= 15 is 0 Å². The van der Waals surface area contributed by atoms with Crippen molar-refractivity contribution in [3.05, 3.63) is 52.3 Å². The Bertz CT molecular complexity index is 715. The Morgan fingerprint density at radius 1 is 1.24 bits per heavy atom. The Kier molecular flexibility index (Phi) is 5.92. The second-order valence-electron chi connectivity index (χ2n) is 6.82. The lowest BCUT2D eigenvalue weighted by atomic mass is 9.93. The zero-order valence-corrected chi connectivity index (χ0v) is 15.8. The molecule has 0 unspecified atom stereocenters. The molecule has 2 aromatic rings. The Morgan fingerprint density at radius 2 is 1.92 bits per heavy atom. The average molecular weight is 360 g/mol. The van der Waals surface area contributed by atoms with Gasteiger partial charge in [0.15, 0.2) is 5.78 Å². The van der Waals surface area contributed by atoms with Crippen molar-refractivity contribution in [1.29, 1.82) is 0 Å². The first kappa shape index (κ1) is 18.2. The van der Waals surface area contributed by atoms with Crippen LogP contribution in [0.5, 0.6) is 0 Å². The van der Waals surface area contributed by atoms with E-state index in [4.69, 9.17) is 11.6 Å². The van der Waals surface area contributed by atoms with Crippen molar-refractivity contribution in [3.8, 4) is 0 Å². The lowest BCUT2D eigenvalue weighted by Crippen LogP contribution is -2.35. The van der Waals surface area contributed by atoms with Crippen LogP contribution in [0.3, 0.4) is 0 Å². The van der Waals surface area contributed by atoms with E-state index in [-0.39, 0.29) is 5.78 Å². The summed E-state index contributed by atoms with van der Waals surface area (Å²) in [6, 6.07) is 9.41. The number of hydrogen-bond donors (Lipinski definition) is 0. The van der Waals surface area contributed by atoms with Gasteiger partial charge < -0.3 is 4.90 Å². The van der Waals surface area contributed by atoms with Crippen LogP contribution in [0.15, 0.2) is 30.3 Å². The normalized spacial score (nSPS) is 16.3. The number of nitrogens with zero attached hydrogens (tertiary/aromatic N) is 3. The van der Waals surface area contributed by atoms with E-state index < -0.39 is 0 Å². The van der Waals surface area contributed by atoms with Gasteiger partial charge in [-0.2, -0.15) is 5.10 Å². The summed E-state index contributed by atoms with van der Waals surface area (Å²) < 4.78 is 2.14. The molecule has 0 saturated carbocycles. The smallest absolute Gasteiger partial charge is 0.164 e. The van der Waals surface area contributed by atoms with E-state index in [2.05, 4.69) is 34.6 Å². The van der Waals surface area contributed by atoms with Gasteiger partial charge in [-0.15, -0.1) is 0 Å². The summed E-state index contributed by atoms with van der Waals surface area (Å²) in [7, 11) is 0. The van der Waals surface area contributed by atoms with Crippen molar-refractivity contribution in [2.45, 2.75) is 45.6 Å². The molecule has 1 aliphatic rings. The minimum Gasteiger partial charge on any atom is -0.303 e. The predicted molar refractivity (Wildman–Crippen MR) is 101 cm³/mol. The molecule has 1 aliphatic heterocycles. The second kappa shape index (κ2) is 8.15. The van der Waals surface area contributed by atoms with E-state index in [0.717, 1.165) is 50.3 Å². The highest BCUT2D eigenvalue weighted by Crippen LogP contribution is 2.28. The molecule has 2 heterocycles. The SMILES string of the molecule is CCn1nc(C)cc1C1CCN(CCC(=O)c2ccc(Cl)cc2)CC1. The van der Waals surface area contributed by atoms with Crippen LogP contribution in [-0.4, -0.2) is 40.1 Å². The predicted octanol–water partition coefficient (Wildman–Crippen LogP) is 4.32. The zero-order chi connectivity index (χ0) is 17.8. The number of rotatable bonds is 6. The van der Waals surface area contributed by atoms with Gasteiger partial charge in [-0.1, -0.05) is 11.6 Å². The number of carbonyl (C=O) groups is 1. The third kappa shape index (κ3) is 4.50. The molecular formula is C20H26ClN3O. The highest BCUT2D eigenvalue weighted by molar-refractivity contribution is 6.30. The summed E-state index contributed by atoms with van der Waals surface area (Å²) in [5, 5.41) is 5.24. The Hall–Kier alpha value is -1.65. The quantitative estimate of drug-likeness (QED) is 0.721. The van der Waals surface area contributed by atoms with Crippen molar-refractivity contribution in [2.24, 2.45) is 0 Å². The van der Waals surface area contributed by atoms with Crippen LogP contribution in [0.2, 0.25) is 5.02 Å². The van der Waals surface area contributed by atoms with Gasteiger partial charge in [-0.05, 0) is 70.1 Å². The van der Waals surface area contributed by atoms with Crippen molar-refractivity contribution >= 4 is 17.4 Å². The number of likely N-dealkylation sites (tertiary alicyclic amines) is 1. The summed E-state index contributed by atoms with van der Waals surface area (Å²) in [5.41, 5.74) is 3.23. The summed E-state index contributed by atoms with van der Waals surface area (Å²) in [6.07, 6.45) is 2.85. The first-order chi connectivity index (χ1) is 12.1. The fourth-order valence-electron chi connectivity index (χ4n) is 3.64. The number of carbonyl (C=O) groups excluding carboxylic acids is 1. The van der Waals surface area contributed by atoms with Crippen LogP contribution < -0.4 is 0 Å². The third-order valence-electron chi connectivity index (χ3n) is 5.06. The number of piperidine rings is 1. The number of ketones is 1. The summed E-state index contributed by atoms with van der Waals surface area (Å²) in [6.45, 7) is 8.07. The van der Waals surface area contributed by atoms with Crippen LogP contribution in [0.1, 0.15) is 53.8 Å². The van der Waals surface area contributed by atoms with Gasteiger partial charge in [0.2, 0.25) is 0 Å². The highest BCUT2D eigenvalue weighted by atomic mass is 35.5. The molecule has 0 atom stereocenters. The number of halogens is 1. The molecule has 0 aliphatic carbocycles. The molecule has 1 saturated heterocycles. The highest BCUT2D eigenvalue weighted by Gasteiger charge is 2.23. The molecule has 1 aromatic carbocycles. The van der Waals surface area contributed by atoms with Gasteiger partial charge in [0.25, 0.3) is 0 Å². The van der Waals surface area contributed by atoms with Gasteiger partial charge in [0.05, 0.1) is 5.69 Å². The van der Waals surface area contributed by atoms with Gasteiger partial charge >= 0.3 is 0 Å². The van der Waals surface area contributed by atoms with Crippen LogP contribution in [0.4, 0.5) is 0 Å². The zero-order valence-electron chi connectivity index (χ0n) is 15.0. The lowest BCUT2D eigenvalue weighted by Gasteiger charge is -2.32. The van der Waals surface area contributed by atoms with Gasteiger partial charge in [-0.25, -0.2) is 0 Å². The van der Waals surface area contributed by atoms with Gasteiger partial charge in [0, 0.05) is 41.7 Å². The molecule has 3 rings (SSSR count). The van der Waals surface area contributed by atoms with Crippen molar-refractivity contribution in [3.63, 3.8) is 0 Å². The fraction of sp³-hybridized carbons (Fsp3) is 0.500. The Morgan fingerprint density at radius 3 is 2.56 bits per heavy atom. The number of hydrogen-bond acceptors (Lipinski definition) is 3. The number of Topliss-reactive ketones (excluding diaryl/α,β-unsaturated/α-hetero) is 1. The van der Waals surface area contributed by atoms with Crippen LogP contribution in [0, 0.1) is 6.92 Å². The molecule has 134 valence electrons. The molecule has 0 spiro atoms. The second-order valence-corrected chi connectivity index (χ2v) is 7.26. The van der Waals surface area contributed by atoms with E-state index in [0.29, 0.717) is 17.4 Å². The van der Waals surface area contributed by atoms with Crippen LogP contribution >= 0.6 is 11.6 Å². The topological polar surface area (TPSA) is 38.1 Å². The molecular weight excluding hydrogens is 334 g/mol. The Balaban J connectivity index is 1.49. The molecule has 1 fully saturated rings. The minimum absolute atomic E-state index is 0.193. The third-order valence-corrected chi connectivity index (χ3v) is 5.31. The molecule has 0 radical (unpaired) electrons. The molecule has 0 amide bonds. The molecule has 25 heavy (non-hydrogen) atoms. The van der Waals surface area contributed by atoms with E-state index in [9.17, 15) is 4.79 Å². The molecule has 5 heteroatoms. The lowest BCUT2D eigenvalue weighted by molar-refractivity contribution is 0.0956.